The van der Waals surface area contributed by atoms with Crippen molar-refractivity contribution in [1.29, 1.82) is 0 Å². The maximum absolute atomic E-state index is 13.0. The number of fused-ring (bicyclic) bond motifs is 1. The number of hydrogen-bond acceptors (Lipinski definition) is 4. The van der Waals surface area contributed by atoms with Crippen LogP contribution in [0.15, 0.2) is 30.3 Å². The van der Waals surface area contributed by atoms with Crippen LogP contribution in [-0.2, 0) is 25.5 Å². The van der Waals surface area contributed by atoms with Crippen molar-refractivity contribution in [1.82, 2.24) is 10.2 Å². The lowest BCUT2D eigenvalue weighted by Gasteiger charge is -2.34. The predicted octanol–water partition coefficient (Wildman–Crippen LogP) is 0.508. The summed E-state index contributed by atoms with van der Waals surface area (Å²) in [5.74, 6) is -1.03. The molecule has 0 aromatic heterocycles. The number of carbonyl (C=O) groups is 3. The first kappa shape index (κ1) is 15.5. The first-order valence-corrected chi connectivity index (χ1v) is 7.71. The molecule has 2 fully saturated rings. The van der Waals surface area contributed by atoms with Gasteiger partial charge in [0, 0.05) is 6.04 Å². The van der Waals surface area contributed by atoms with Gasteiger partial charge in [0.05, 0.1) is 19.7 Å². The van der Waals surface area contributed by atoms with Crippen LogP contribution in [-0.4, -0.2) is 48.4 Å². The fourth-order valence-corrected chi connectivity index (χ4v) is 3.70. The average molecular weight is 316 g/mol. The summed E-state index contributed by atoms with van der Waals surface area (Å²) in [5.41, 5.74) is -0.348. The van der Waals surface area contributed by atoms with Gasteiger partial charge < -0.3 is 15.0 Å². The van der Waals surface area contributed by atoms with E-state index in [1.54, 1.807) is 0 Å². The average Bonchev–Trinajstić information content (AvgIpc) is 2.82. The van der Waals surface area contributed by atoms with E-state index in [1.165, 1.54) is 12.0 Å². The number of carbonyl (C=O) groups excluding carboxylic acids is 3. The highest BCUT2D eigenvalue weighted by molar-refractivity contribution is 6.06. The topological polar surface area (TPSA) is 75.7 Å². The standard InChI is InChI=1S/C17H20N2O4/c1-11-13-9-17(16(22)23-2,8-12-6-4-3-5-7-12)15(21)19(13)10-14(20)18-11/h3-7,11,13H,8-10H2,1-2H3,(H,18,20)/t11-,13-,17+/m0/s1. The fourth-order valence-electron chi connectivity index (χ4n) is 3.70. The molecule has 1 N–H and O–H groups in total. The third-order valence-electron chi connectivity index (χ3n) is 4.83. The second kappa shape index (κ2) is 5.68. The summed E-state index contributed by atoms with van der Waals surface area (Å²) in [6.45, 7) is 1.86. The van der Waals surface area contributed by atoms with Gasteiger partial charge in [-0.1, -0.05) is 30.3 Å². The van der Waals surface area contributed by atoms with Crippen molar-refractivity contribution in [3.8, 4) is 0 Å². The number of nitrogens with one attached hydrogen (secondary N) is 1. The van der Waals surface area contributed by atoms with Gasteiger partial charge in [-0.3, -0.25) is 14.4 Å². The normalized spacial score (nSPS) is 29.9. The number of amides is 2. The molecule has 0 aliphatic carbocycles. The zero-order valence-corrected chi connectivity index (χ0v) is 13.2. The van der Waals surface area contributed by atoms with Gasteiger partial charge in [-0.25, -0.2) is 0 Å². The lowest BCUT2D eigenvalue weighted by Crippen LogP contribution is -2.58. The zero-order chi connectivity index (χ0) is 16.6. The molecule has 23 heavy (non-hydrogen) atoms. The summed E-state index contributed by atoms with van der Waals surface area (Å²) < 4.78 is 4.96. The minimum atomic E-state index is -1.25. The molecule has 0 spiro atoms. The summed E-state index contributed by atoms with van der Waals surface area (Å²) in [6.07, 6.45) is 0.641. The second-order valence-corrected chi connectivity index (χ2v) is 6.30. The maximum atomic E-state index is 13.0. The number of ether oxygens (including phenoxy) is 1. The molecule has 2 aliphatic rings. The molecule has 2 saturated heterocycles. The van der Waals surface area contributed by atoms with Gasteiger partial charge >= 0.3 is 5.97 Å². The van der Waals surface area contributed by atoms with Crippen molar-refractivity contribution < 1.29 is 19.1 Å². The highest BCUT2D eigenvalue weighted by atomic mass is 16.5. The molecule has 1 aromatic rings. The van der Waals surface area contributed by atoms with Crippen molar-refractivity contribution in [3.05, 3.63) is 35.9 Å². The third-order valence-corrected chi connectivity index (χ3v) is 4.83. The molecule has 6 heteroatoms. The molecule has 3 atom stereocenters. The van der Waals surface area contributed by atoms with Crippen molar-refractivity contribution in [2.45, 2.75) is 31.8 Å². The molecular formula is C17H20N2O4. The Bertz CT molecular complexity index is 645. The Balaban J connectivity index is 1.98. The quantitative estimate of drug-likeness (QED) is 0.651. The van der Waals surface area contributed by atoms with E-state index in [0.29, 0.717) is 6.42 Å². The fraction of sp³-hybridized carbons (Fsp3) is 0.471. The Kier molecular flexibility index (Phi) is 3.83. The van der Waals surface area contributed by atoms with Crippen LogP contribution in [0.1, 0.15) is 18.9 Å². The maximum Gasteiger partial charge on any atom is 0.321 e. The molecule has 2 amide bonds. The lowest BCUT2D eigenvalue weighted by atomic mass is 9.78. The third kappa shape index (κ3) is 2.48. The van der Waals surface area contributed by atoms with E-state index in [0.717, 1.165) is 5.56 Å². The van der Waals surface area contributed by atoms with E-state index in [9.17, 15) is 14.4 Å². The number of esters is 1. The molecule has 0 bridgehead atoms. The van der Waals surface area contributed by atoms with Crippen LogP contribution < -0.4 is 5.32 Å². The number of nitrogens with zero attached hydrogens (tertiary/aromatic N) is 1. The number of piperazine rings is 1. The van der Waals surface area contributed by atoms with Gasteiger partial charge in [-0.15, -0.1) is 0 Å². The van der Waals surface area contributed by atoms with Gasteiger partial charge in [0.1, 0.15) is 0 Å². The summed E-state index contributed by atoms with van der Waals surface area (Å²) in [4.78, 5) is 38.8. The van der Waals surface area contributed by atoms with E-state index in [1.807, 2.05) is 37.3 Å². The van der Waals surface area contributed by atoms with Crippen molar-refractivity contribution >= 4 is 17.8 Å². The van der Waals surface area contributed by atoms with E-state index in [4.69, 9.17) is 4.74 Å². The Morgan fingerprint density at radius 2 is 2.04 bits per heavy atom. The van der Waals surface area contributed by atoms with Crippen LogP contribution >= 0.6 is 0 Å². The van der Waals surface area contributed by atoms with E-state index >= 15 is 0 Å². The Hall–Kier alpha value is -2.37. The van der Waals surface area contributed by atoms with Crippen molar-refractivity contribution in [2.75, 3.05) is 13.7 Å². The van der Waals surface area contributed by atoms with E-state index in [2.05, 4.69) is 5.32 Å². The highest BCUT2D eigenvalue weighted by Gasteiger charge is 2.59. The molecular weight excluding hydrogens is 296 g/mol. The molecule has 2 heterocycles. The van der Waals surface area contributed by atoms with E-state index < -0.39 is 11.4 Å². The number of methoxy groups -OCH3 is 1. The second-order valence-electron chi connectivity index (χ2n) is 6.30. The number of benzene rings is 1. The highest BCUT2D eigenvalue weighted by Crippen LogP contribution is 2.42. The summed E-state index contributed by atoms with van der Waals surface area (Å²) in [5, 5.41) is 2.84. The van der Waals surface area contributed by atoms with Gasteiger partial charge in [-0.05, 0) is 25.3 Å². The SMILES string of the molecule is COC(=O)[C@]1(Cc2ccccc2)C[C@H]2[C@H](C)NC(=O)CN2C1=O. The Morgan fingerprint density at radius 3 is 2.70 bits per heavy atom. The molecule has 3 rings (SSSR count). The Labute approximate surface area is 134 Å². The van der Waals surface area contributed by atoms with Crippen LogP contribution in [0, 0.1) is 5.41 Å². The molecule has 0 unspecified atom stereocenters. The zero-order valence-electron chi connectivity index (χ0n) is 13.2. The minimum absolute atomic E-state index is 0.00136. The van der Waals surface area contributed by atoms with Crippen LogP contribution in [0.2, 0.25) is 0 Å². The van der Waals surface area contributed by atoms with Crippen LogP contribution in [0.4, 0.5) is 0 Å². The minimum Gasteiger partial charge on any atom is -0.468 e. The molecule has 2 aliphatic heterocycles. The summed E-state index contributed by atoms with van der Waals surface area (Å²) in [7, 11) is 1.30. The van der Waals surface area contributed by atoms with Crippen LogP contribution in [0.3, 0.4) is 0 Å². The number of hydrogen-bond donors (Lipinski definition) is 1. The first-order valence-electron chi connectivity index (χ1n) is 7.71. The van der Waals surface area contributed by atoms with Crippen molar-refractivity contribution in [2.24, 2.45) is 5.41 Å². The molecule has 122 valence electrons. The lowest BCUT2D eigenvalue weighted by molar-refractivity contribution is -0.159. The molecule has 0 radical (unpaired) electrons. The molecule has 6 nitrogen and oxygen atoms in total. The Morgan fingerprint density at radius 1 is 1.35 bits per heavy atom. The van der Waals surface area contributed by atoms with Gasteiger partial charge in [0.25, 0.3) is 0 Å². The van der Waals surface area contributed by atoms with Crippen LogP contribution in [0.25, 0.3) is 0 Å². The largest absolute Gasteiger partial charge is 0.468 e. The van der Waals surface area contributed by atoms with Crippen LogP contribution in [0.5, 0.6) is 0 Å². The monoisotopic (exact) mass is 316 g/mol. The van der Waals surface area contributed by atoms with E-state index in [-0.39, 0.29) is 36.9 Å². The summed E-state index contributed by atoms with van der Waals surface area (Å²) in [6, 6.07) is 9.07. The van der Waals surface area contributed by atoms with Gasteiger partial charge in [-0.2, -0.15) is 0 Å². The first-order chi connectivity index (χ1) is 11.0. The molecule has 1 aromatic carbocycles. The smallest absolute Gasteiger partial charge is 0.321 e. The van der Waals surface area contributed by atoms with Gasteiger partial charge in [0.15, 0.2) is 5.41 Å². The molecule has 0 saturated carbocycles. The number of rotatable bonds is 3. The van der Waals surface area contributed by atoms with Crippen molar-refractivity contribution in [3.63, 3.8) is 0 Å². The summed E-state index contributed by atoms with van der Waals surface area (Å²) >= 11 is 0. The predicted molar refractivity (Wildman–Crippen MR) is 82.3 cm³/mol. The van der Waals surface area contributed by atoms with Gasteiger partial charge in [0.2, 0.25) is 11.8 Å².